The SMILES string of the molecule is O=C1N[C@@]2(CCCc3sccc32)C(=O)N1C[C@H](O)COCc1ccccc1F. The van der Waals surface area contributed by atoms with Gasteiger partial charge in [0.1, 0.15) is 11.4 Å². The molecule has 1 aliphatic heterocycles. The second kappa shape index (κ2) is 7.62. The van der Waals surface area contributed by atoms with Crippen LogP contribution in [0.25, 0.3) is 0 Å². The van der Waals surface area contributed by atoms with Gasteiger partial charge in [-0.1, -0.05) is 18.2 Å². The monoisotopic (exact) mass is 404 g/mol. The van der Waals surface area contributed by atoms with Crippen molar-refractivity contribution >= 4 is 23.3 Å². The molecule has 1 fully saturated rings. The third-order valence-electron chi connectivity index (χ3n) is 5.26. The van der Waals surface area contributed by atoms with Crippen LogP contribution in [0, 0.1) is 5.82 Å². The van der Waals surface area contributed by atoms with Gasteiger partial charge in [-0.15, -0.1) is 11.3 Å². The van der Waals surface area contributed by atoms with E-state index >= 15 is 0 Å². The lowest BCUT2D eigenvalue weighted by molar-refractivity contribution is -0.133. The normalized spacial score (nSPS) is 22.4. The van der Waals surface area contributed by atoms with Gasteiger partial charge in [0, 0.05) is 16.0 Å². The van der Waals surface area contributed by atoms with Gasteiger partial charge in [-0.25, -0.2) is 9.18 Å². The molecule has 28 heavy (non-hydrogen) atoms. The number of aliphatic hydroxyl groups excluding tert-OH is 1. The lowest BCUT2D eigenvalue weighted by Crippen LogP contribution is -2.46. The number of carbonyl (C=O) groups excluding carboxylic acids is 2. The number of imide groups is 1. The van der Waals surface area contributed by atoms with Gasteiger partial charge in [-0.3, -0.25) is 9.69 Å². The Morgan fingerprint density at radius 2 is 2.14 bits per heavy atom. The minimum atomic E-state index is -1.05. The molecule has 1 aromatic carbocycles. The standard InChI is InChI=1S/C20H21FN2O4S/c21-16-5-2-1-4-13(16)11-27-12-14(24)10-23-18(25)20(22-19(23)26)8-3-6-17-15(20)7-9-28-17/h1-2,4-5,7,9,14,24H,3,6,8,10-12H2,(H,22,26)/t14-,20+/m0/s1. The summed E-state index contributed by atoms with van der Waals surface area (Å²) < 4.78 is 19.0. The van der Waals surface area contributed by atoms with Crippen LogP contribution in [0.2, 0.25) is 0 Å². The first-order chi connectivity index (χ1) is 13.5. The van der Waals surface area contributed by atoms with Crippen molar-refractivity contribution in [1.29, 1.82) is 0 Å². The molecule has 1 aliphatic carbocycles. The second-order valence-corrected chi connectivity index (χ2v) is 8.12. The maximum atomic E-state index is 13.6. The molecule has 2 aromatic rings. The van der Waals surface area contributed by atoms with Crippen molar-refractivity contribution in [1.82, 2.24) is 10.2 Å². The van der Waals surface area contributed by atoms with Crippen molar-refractivity contribution in [3.05, 3.63) is 57.5 Å². The number of aryl methyl sites for hydroxylation is 1. The van der Waals surface area contributed by atoms with Crippen LogP contribution in [0.5, 0.6) is 0 Å². The van der Waals surface area contributed by atoms with Gasteiger partial charge < -0.3 is 15.2 Å². The Morgan fingerprint density at radius 3 is 2.96 bits per heavy atom. The average Bonchev–Trinajstić information content (AvgIpc) is 3.24. The molecule has 6 nitrogen and oxygen atoms in total. The number of rotatable bonds is 6. The zero-order chi connectivity index (χ0) is 19.7. The largest absolute Gasteiger partial charge is 0.389 e. The van der Waals surface area contributed by atoms with Gasteiger partial charge in [0.2, 0.25) is 0 Å². The van der Waals surface area contributed by atoms with Crippen LogP contribution in [0.3, 0.4) is 0 Å². The van der Waals surface area contributed by atoms with Crippen LogP contribution in [0.1, 0.15) is 28.8 Å². The van der Waals surface area contributed by atoms with Crippen LogP contribution in [-0.4, -0.2) is 41.2 Å². The summed E-state index contributed by atoms with van der Waals surface area (Å²) in [4.78, 5) is 27.7. The molecule has 3 amide bonds. The van der Waals surface area contributed by atoms with E-state index in [0.717, 1.165) is 28.2 Å². The molecule has 2 heterocycles. The van der Waals surface area contributed by atoms with Crippen molar-refractivity contribution in [3.8, 4) is 0 Å². The summed E-state index contributed by atoms with van der Waals surface area (Å²) in [5.74, 6) is -0.707. The van der Waals surface area contributed by atoms with Gasteiger partial charge in [0.15, 0.2) is 0 Å². The Bertz CT molecular complexity index is 902. The molecule has 0 radical (unpaired) electrons. The number of amides is 3. The third kappa shape index (κ3) is 3.32. The van der Waals surface area contributed by atoms with E-state index in [1.54, 1.807) is 29.5 Å². The fourth-order valence-electron chi connectivity index (χ4n) is 3.89. The summed E-state index contributed by atoms with van der Waals surface area (Å²) in [6, 6.07) is 7.63. The summed E-state index contributed by atoms with van der Waals surface area (Å²) in [7, 11) is 0. The van der Waals surface area contributed by atoms with E-state index in [1.165, 1.54) is 6.07 Å². The molecule has 2 atom stereocenters. The predicted octanol–water partition coefficient (Wildman–Crippen LogP) is 2.55. The van der Waals surface area contributed by atoms with Crippen LogP contribution in [0.4, 0.5) is 9.18 Å². The zero-order valence-corrected chi connectivity index (χ0v) is 16.0. The van der Waals surface area contributed by atoms with Crippen LogP contribution < -0.4 is 5.32 Å². The van der Waals surface area contributed by atoms with Crippen LogP contribution >= 0.6 is 11.3 Å². The number of hydrogen-bond donors (Lipinski definition) is 2. The Hall–Kier alpha value is -2.29. The molecule has 4 rings (SSSR count). The third-order valence-corrected chi connectivity index (χ3v) is 6.24. The Kier molecular flexibility index (Phi) is 5.18. The first kappa shape index (κ1) is 19.0. The van der Waals surface area contributed by atoms with Gasteiger partial charge in [0.25, 0.3) is 5.91 Å². The maximum absolute atomic E-state index is 13.6. The first-order valence-electron chi connectivity index (χ1n) is 9.21. The number of aliphatic hydroxyl groups is 1. The first-order valence-corrected chi connectivity index (χ1v) is 10.1. The molecular weight excluding hydrogens is 383 g/mol. The fourth-order valence-corrected chi connectivity index (χ4v) is 4.89. The fraction of sp³-hybridized carbons (Fsp3) is 0.400. The number of ether oxygens (including phenoxy) is 1. The smallest absolute Gasteiger partial charge is 0.325 e. The number of nitrogens with zero attached hydrogens (tertiary/aromatic N) is 1. The van der Waals surface area contributed by atoms with Crippen molar-refractivity contribution < 1.29 is 23.8 Å². The molecule has 8 heteroatoms. The highest BCUT2D eigenvalue weighted by atomic mass is 32.1. The van der Waals surface area contributed by atoms with E-state index in [2.05, 4.69) is 5.32 Å². The molecule has 1 spiro atoms. The number of urea groups is 1. The van der Waals surface area contributed by atoms with Crippen molar-refractivity contribution in [2.24, 2.45) is 0 Å². The number of fused-ring (bicyclic) bond motifs is 2. The van der Waals surface area contributed by atoms with Crippen molar-refractivity contribution in [2.75, 3.05) is 13.2 Å². The number of hydrogen-bond acceptors (Lipinski definition) is 5. The van der Waals surface area contributed by atoms with E-state index in [4.69, 9.17) is 4.74 Å². The number of carbonyl (C=O) groups is 2. The lowest BCUT2D eigenvalue weighted by atomic mass is 9.80. The highest BCUT2D eigenvalue weighted by Gasteiger charge is 2.54. The van der Waals surface area contributed by atoms with E-state index in [1.807, 2.05) is 11.4 Å². The van der Waals surface area contributed by atoms with E-state index < -0.39 is 17.7 Å². The number of halogens is 1. The predicted molar refractivity (Wildman–Crippen MR) is 101 cm³/mol. The van der Waals surface area contributed by atoms with Gasteiger partial charge in [-0.05, 0) is 36.8 Å². The Balaban J connectivity index is 1.38. The number of thiophene rings is 1. The Morgan fingerprint density at radius 1 is 1.32 bits per heavy atom. The molecule has 2 aliphatic rings. The summed E-state index contributed by atoms with van der Waals surface area (Å²) in [5.41, 5.74) is 0.240. The van der Waals surface area contributed by atoms with Crippen molar-refractivity contribution in [2.45, 2.75) is 37.5 Å². The van der Waals surface area contributed by atoms with E-state index in [-0.39, 0.29) is 31.5 Å². The summed E-state index contributed by atoms with van der Waals surface area (Å²) >= 11 is 1.59. The van der Waals surface area contributed by atoms with E-state index in [0.29, 0.717) is 12.0 Å². The van der Waals surface area contributed by atoms with Gasteiger partial charge in [0.05, 0.1) is 25.9 Å². The van der Waals surface area contributed by atoms with Gasteiger partial charge >= 0.3 is 6.03 Å². The minimum Gasteiger partial charge on any atom is -0.389 e. The molecule has 0 bridgehead atoms. The zero-order valence-electron chi connectivity index (χ0n) is 15.2. The maximum Gasteiger partial charge on any atom is 0.325 e. The van der Waals surface area contributed by atoms with Crippen LogP contribution in [-0.2, 0) is 28.1 Å². The van der Waals surface area contributed by atoms with Crippen molar-refractivity contribution in [3.63, 3.8) is 0 Å². The lowest BCUT2D eigenvalue weighted by Gasteiger charge is -2.31. The molecule has 0 unspecified atom stereocenters. The summed E-state index contributed by atoms with van der Waals surface area (Å²) in [5, 5.41) is 15.0. The molecule has 0 saturated carbocycles. The highest BCUT2D eigenvalue weighted by molar-refractivity contribution is 7.10. The topological polar surface area (TPSA) is 78.9 Å². The Labute approximate surface area is 165 Å². The van der Waals surface area contributed by atoms with E-state index in [9.17, 15) is 19.1 Å². The van der Waals surface area contributed by atoms with Crippen LogP contribution in [0.15, 0.2) is 35.7 Å². The quantitative estimate of drug-likeness (QED) is 0.726. The molecule has 148 valence electrons. The minimum absolute atomic E-state index is 0.00603. The highest BCUT2D eigenvalue weighted by Crippen LogP contribution is 2.42. The molecular formula is C20H21FN2O4S. The second-order valence-electron chi connectivity index (χ2n) is 7.12. The summed E-state index contributed by atoms with van der Waals surface area (Å²) in [6.45, 7) is -0.267. The number of benzene rings is 1. The number of β-amino-alcohol motifs (C(OH)–C–C–N with tert-alkyl or cyclic N) is 1. The molecule has 1 saturated heterocycles. The molecule has 2 N–H and O–H groups in total. The number of nitrogens with one attached hydrogen (secondary N) is 1. The summed E-state index contributed by atoms with van der Waals surface area (Å²) in [6.07, 6.45) is 1.23. The van der Waals surface area contributed by atoms with Gasteiger partial charge in [-0.2, -0.15) is 0 Å². The average molecular weight is 404 g/mol. The molecule has 1 aromatic heterocycles.